The molecule has 0 bridgehead atoms. The lowest BCUT2D eigenvalue weighted by Crippen LogP contribution is -2.29. The summed E-state index contributed by atoms with van der Waals surface area (Å²) in [4.78, 5) is 0.329. The van der Waals surface area contributed by atoms with Gasteiger partial charge in [0.1, 0.15) is 5.75 Å². The molecule has 2 N–H and O–H groups in total. The van der Waals surface area contributed by atoms with Crippen molar-refractivity contribution < 1.29 is 17.9 Å². The van der Waals surface area contributed by atoms with Crippen LogP contribution in [0.25, 0.3) is 0 Å². The molecule has 0 heterocycles. The van der Waals surface area contributed by atoms with Gasteiger partial charge < -0.3 is 15.2 Å². The van der Waals surface area contributed by atoms with Gasteiger partial charge in [0.05, 0.1) is 23.9 Å². The summed E-state index contributed by atoms with van der Waals surface area (Å²) in [6, 6.07) is 16.1. The molecule has 1 fully saturated rings. The van der Waals surface area contributed by atoms with Gasteiger partial charge in [-0.15, -0.1) is 0 Å². The van der Waals surface area contributed by atoms with E-state index in [9.17, 15) is 8.42 Å². The Labute approximate surface area is 155 Å². The Morgan fingerprint density at radius 1 is 1.08 bits per heavy atom. The summed E-state index contributed by atoms with van der Waals surface area (Å²) in [5.41, 5.74) is 6.42. The van der Waals surface area contributed by atoms with Crippen molar-refractivity contribution in [1.82, 2.24) is 0 Å². The van der Waals surface area contributed by atoms with E-state index in [1.165, 1.54) is 0 Å². The fourth-order valence-electron chi connectivity index (χ4n) is 3.78. The van der Waals surface area contributed by atoms with E-state index in [2.05, 4.69) is 0 Å². The topological polar surface area (TPSA) is 78.6 Å². The van der Waals surface area contributed by atoms with Gasteiger partial charge in [0.2, 0.25) is 0 Å². The Morgan fingerprint density at radius 3 is 2.27 bits per heavy atom. The quantitative estimate of drug-likeness (QED) is 0.767. The first-order valence-electron chi connectivity index (χ1n) is 8.72. The van der Waals surface area contributed by atoms with Crippen molar-refractivity contribution in [3.63, 3.8) is 0 Å². The third kappa shape index (κ3) is 3.13. The number of benzene rings is 2. The molecule has 0 aliphatic heterocycles. The minimum Gasteiger partial charge on any atom is -0.497 e. The van der Waals surface area contributed by atoms with Crippen LogP contribution in [0.4, 0.5) is 0 Å². The van der Waals surface area contributed by atoms with E-state index in [4.69, 9.17) is 15.2 Å². The summed E-state index contributed by atoms with van der Waals surface area (Å²) in [7, 11) is -1.91. The predicted octanol–water partition coefficient (Wildman–Crippen LogP) is 2.62. The summed E-state index contributed by atoms with van der Waals surface area (Å²) < 4.78 is 37.5. The number of methoxy groups -OCH3 is 1. The van der Waals surface area contributed by atoms with Crippen LogP contribution >= 0.6 is 0 Å². The smallest absolute Gasteiger partial charge is 0.182 e. The first kappa shape index (κ1) is 18.9. The van der Waals surface area contributed by atoms with Crippen LogP contribution in [0.1, 0.15) is 18.4 Å². The average Bonchev–Trinajstić information content (AvgIpc) is 3.37. The summed E-state index contributed by atoms with van der Waals surface area (Å²) >= 11 is 0. The second-order valence-electron chi connectivity index (χ2n) is 6.60. The Balaban J connectivity index is 2.02. The molecule has 2 aromatic rings. The highest BCUT2D eigenvalue weighted by Gasteiger charge is 2.70. The van der Waals surface area contributed by atoms with Gasteiger partial charge >= 0.3 is 0 Å². The molecule has 1 aliphatic carbocycles. The molecular formula is C20H25NO4S. The molecule has 26 heavy (non-hydrogen) atoms. The van der Waals surface area contributed by atoms with Crippen LogP contribution < -0.4 is 10.5 Å². The maximum atomic E-state index is 13.3. The minimum absolute atomic E-state index is 0.199. The molecule has 3 rings (SSSR count). The third-order valence-corrected chi connectivity index (χ3v) is 7.55. The molecular weight excluding hydrogens is 350 g/mol. The summed E-state index contributed by atoms with van der Waals surface area (Å²) in [5.74, 6) is 0.537. The van der Waals surface area contributed by atoms with Crippen LogP contribution in [0.15, 0.2) is 59.5 Å². The summed E-state index contributed by atoms with van der Waals surface area (Å²) in [5, 5.41) is -0.595. The minimum atomic E-state index is -3.52. The summed E-state index contributed by atoms with van der Waals surface area (Å²) in [6.07, 6.45) is 0. The van der Waals surface area contributed by atoms with E-state index in [0.717, 1.165) is 11.3 Å². The van der Waals surface area contributed by atoms with Gasteiger partial charge in [-0.05, 0) is 36.8 Å². The van der Waals surface area contributed by atoms with Crippen molar-refractivity contribution in [2.75, 3.05) is 26.9 Å². The molecule has 2 aromatic carbocycles. The summed E-state index contributed by atoms with van der Waals surface area (Å²) in [6.45, 7) is 3.00. The molecule has 0 unspecified atom stereocenters. The van der Waals surface area contributed by atoms with Crippen LogP contribution in [0.5, 0.6) is 5.75 Å². The Kier molecular flexibility index (Phi) is 5.37. The van der Waals surface area contributed by atoms with E-state index >= 15 is 0 Å². The second-order valence-corrected chi connectivity index (χ2v) is 8.67. The fourth-order valence-corrected chi connectivity index (χ4v) is 6.25. The van der Waals surface area contributed by atoms with Gasteiger partial charge in [-0.3, -0.25) is 0 Å². The van der Waals surface area contributed by atoms with E-state index in [1.54, 1.807) is 31.4 Å². The molecule has 1 saturated carbocycles. The maximum absolute atomic E-state index is 13.3. The van der Waals surface area contributed by atoms with Gasteiger partial charge in [-0.25, -0.2) is 8.42 Å². The van der Waals surface area contributed by atoms with Gasteiger partial charge in [0.25, 0.3) is 0 Å². The lowest BCUT2D eigenvalue weighted by atomic mass is 10.00. The molecule has 3 atom stereocenters. The molecule has 0 spiro atoms. The first-order chi connectivity index (χ1) is 12.5. The van der Waals surface area contributed by atoms with Gasteiger partial charge in [0, 0.05) is 24.5 Å². The standard InChI is InChI=1S/C20H25NO4S/c1-3-25-14-20(13-21)18(15-9-11-16(24-2)12-10-15)19(20)26(22,23)17-7-5-4-6-8-17/h4-12,18-19H,3,13-14,21H2,1-2H3/t18-,19+,20+/m1/s1. The van der Waals surface area contributed by atoms with E-state index < -0.39 is 20.5 Å². The zero-order valence-corrected chi connectivity index (χ0v) is 15.9. The first-order valence-corrected chi connectivity index (χ1v) is 10.3. The molecule has 0 amide bonds. The molecule has 0 aromatic heterocycles. The van der Waals surface area contributed by atoms with Crippen molar-refractivity contribution in [3.05, 3.63) is 60.2 Å². The number of hydrogen-bond donors (Lipinski definition) is 1. The van der Waals surface area contributed by atoms with Crippen molar-refractivity contribution in [2.24, 2.45) is 11.1 Å². The lowest BCUT2D eigenvalue weighted by Gasteiger charge is -2.16. The van der Waals surface area contributed by atoms with Crippen LogP contribution in [-0.2, 0) is 14.6 Å². The average molecular weight is 375 g/mol. The molecule has 6 heteroatoms. The molecule has 0 saturated heterocycles. The Bertz CT molecular complexity index is 836. The van der Waals surface area contributed by atoms with Gasteiger partial charge in [-0.2, -0.15) is 0 Å². The van der Waals surface area contributed by atoms with Crippen LogP contribution in [0.2, 0.25) is 0 Å². The SMILES string of the molecule is CCOC[C@@]1(CN)[C@H](c2ccc(OC)cc2)[C@@H]1S(=O)(=O)c1ccccc1. The van der Waals surface area contributed by atoms with Crippen molar-refractivity contribution >= 4 is 9.84 Å². The third-order valence-electron chi connectivity index (χ3n) is 5.22. The lowest BCUT2D eigenvalue weighted by molar-refractivity contribution is 0.101. The molecule has 0 radical (unpaired) electrons. The second kappa shape index (κ2) is 7.39. The van der Waals surface area contributed by atoms with Crippen LogP contribution in [0.3, 0.4) is 0 Å². The van der Waals surface area contributed by atoms with Gasteiger partial charge in [-0.1, -0.05) is 30.3 Å². The number of sulfone groups is 1. The van der Waals surface area contributed by atoms with Crippen molar-refractivity contribution in [1.29, 1.82) is 0 Å². The number of nitrogens with two attached hydrogens (primary N) is 1. The zero-order chi connectivity index (χ0) is 18.8. The predicted molar refractivity (Wildman–Crippen MR) is 101 cm³/mol. The van der Waals surface area contributed by atoms with Crippen LogP contribution in [-0.4, -0.2) is 40.5 Å². The Morgan fingerprint density at radius 2 is 1.73 bits per heavy atom. The monoisotopic (exact) mass is 375 g/mol. The van der Waals surface area contributed by atoms with Crippen LogP contribution in [0, 0.1) is 5.41 Å². The molecule has 140 valence electrons. The normalized spacial score (nSPS) is 25.0. The van der Waals surface area contributed by atoms with E-state index in [1.807, 2.05) is 37.3 Å². The van der Waals surface area contributed by atoms with E-state index in [0.29, 0.717) is 18.1 Å². The fraction of sp³-hybridized carbons (Fsp3) is 0.400. The highest BCUT2D eigenvalue weighted by molar-refractivity contribution is 7.92. The van der Waals surface area contributed by atoms with Crippen molar-refractivity contribution in [2.45, 2.75) is 23.0 Å². The number of hydrogen-bond acceptors (Lipinski definition) is 5. The number of rotatable bonds is 8. The largest absolute Gasteiger partial charge is 0.497 e. The highest BCUT2D eigenvalue weighted by Crippen LogP contribution is 2.63. The number of ether oxygens (including phenoxy) is 2. The Hall–Kier alpha value is -1.89. The maximum Gasteiger partial charge on any atom is 0.182 e. The van der Waals surface area contributed by atoms with E-state index in [-0.39, 0.29) is 12.5 Å². The molecule has 5 nitrogen and oxygen atoms in total. The molecule has 1 aliphatic rings. The zero-order valence-electron chi connectivity index (χ0n) is 15.1. The highest BCUT2D eigenvalue weighted by atomic mass is 32.2. The van der Waals surface area contributed by atoms with Crippen molar-refractivity contribution in [3.8, 4) is 5.75 Å². The van der Waals surface area contributed by atoms with Gasteiger partial charge in [0.15, 0.2) is 9.84 Å².